The molecule has 11 rings (SSSR count). The van der Waals surface area contributed by atoms with Crippen molar-refractivity contribution in [2.75, 3.05) is 0 Å². The van der Waals surface area contributed by atoms with Crippen molar-refractivity contribution < 1.29 is 0 Å². The van der Waals surface area contributed by atoms with Crippen LogP contribution in [0, 0.1) is 0 Å². The number of nitrogens with zero attached hydrogens (tertiary/aromatic N) is 3. The Kier molecular flexibility index (Phi) is 7.87. The van der Waals surface area contributed by atoms with Crippen LogP contribution in [0.1, 0.15) is 0 Å². The van der Waals surface area contributed by atoms with Crippen LogP contribution in [0.25, 0.3) is 108 Å². The molecule has 0 aliphatic rings. The summed E-state index contributed by atoms with van der Waals surface area (Å²) >= 11 is 3.59. The first kappa shape index (κ1) is 32.6. The van der Waals surface area contributed by atoms with Crippen molar-refractivity contribution in [3.05, 3.63) is 188 Å². The van der Waals surface area contributed by atoms with Crippen LogP contribution < -0.4 is 0 Å². The van der Waals surface area contributed by atoms with Gasteiger partial charge in [0.25, 0.3) is 0 Å². The Morgan fingerprint density at radius 3 is 1.23 bits per heavy atom. The van der Waals surface area contributed by atoms with E-state index in [2.05, 4.69) is 188 Å². The first-order valence-electron chi connectivity index (χ1n) is 18.7. The normalized spacial score (nSPS) is 11.6. The fraction of sp³-hybridized carbons (Fsp3) is 0. The molecule has 3 aromatic heterocycles. The Labute approximate surface area is 331 Å². The molecule has 5 heteroatoms. The predicted octanol–water partition coefficient (Wildman–Crippen LogP) is 14.6. The SMILES string of the molecule is c1ccc(-c2cc(-c3ccccc3)c(-c3ccccc3)c(-c3nc(-c4cccc5c4sc4ccccc45)nc(-c4cccc5c4sc4ccccc45)n3)c2)cc1. The van der Waals surface area contributed by atoms with Crippen LogP contribution in [0.2, 0.25) is 0 Å². The standard InChI is InChI=1S/C51H31N3S2/c1-4-16-32(17-5-1)35-30-42(33-18-6-2-7-19-33)46(34-20-8-3-9-21-34)43(31-35)51-53-49(40-26-14-24-38-36-22-10-12-28-44(36)55-47(38)40)52-50(54-51)41-27-15-25-39-37-23-11-13-29-45(37)56-48(39)41/h1-31H. The van der Waals surface area contributed by atoms with Crippen molar-refractivity contribution in [1.29, 1.82) is 0 Å². The van der Waals surface area contributed by atoms with Gasteiger partial charge in [-0.2, -0.15) is 0 Å². The van der Waals surface area contributed by atoms with Gasteiger partial charge in [-0.15, -0.1) is 22.7 Å². The minimum absolute atomic E-state index is 0.634. The molecular formula is C51H31N3S2. The number of thiophene rings is 2. The number of rotatable bonds is 6. The average molecular weight is 750 g/mol. The van der Waals surface area contributed by atoms with E-state index in [9.17, 15) is 0 Å². The third-order valence-corrected chi connectivity index (χ3v) is 13.0. The number of benzene rings is 8. The molecule has 3 nitrogen and oxygen atoms in total. The Morgan fingerprint density at radius 1 is 0.286 bits per heavy atom. The summed E-state index contributed by atoms with van der Waals surface area (Å²) in [5, 5.41) is 4.91. The zero-order valence-corrected chi connectivity index (χ0v) is 31.7. The topological polar surface area (TPSA) is 38.7 Å². The van der Waals surface area contributed by atoms with E-state index in [0.717, 1.165) is 50.1 Å². The van der Waals surface area contributed by atoms with E-state index in [4.69, 9.17) is 15.0 Å². The summed E-state index contributed by atoms with van der Waals surface area (Å²) < 4.78 is 4.83. The van der Waals surface area contributed by atoms with Crippen LogP contribution in [0.3, 0.4) is 0 Å². The Bertz CT molecular complexity index is 3110. The van der Waals surface area contributed by atoms with Crippen molar-refractivity contribution in [3.63, 3.8) is 0 Å². The maximum atomic E-state index is 5.49. The van der Waals surface area contributed by atoms with Gasteiger partial charge in [-0.3, -0.25) is 0 Å². The maximum Gasteiger partial charge on any atom is 0.165 e. The van der Waals surface area contributed by atoms with Crippen LogP contribution in [-0.4, -0.2) is 15.0 Å². The van der Waals surface area contributed by atoms with Crippen LogP contribution >= 0.6 is 22.7 Å². The van der Waals surface area contributed by atoms with Crippen molar-refractivity contribution in [2.24, 2.45) is 0 Å². The number of hydrogen-bond acceptors (Lipinski definition) is 5. The highest BCUT2D eigenvalue weighted by Crippen LogP contribution is 2.45. The summed E-state index contributed by atoms with van der Waals surface area (Å²) in [4.78, 5) is 16.4. The highest BCUT2D eigenvalue weighted by Gasteiger charge is 2.23. The molecule has 0 fully saturated rings. The summed E-state index contributed by atoms with van der Waals surface area (Å²) in [6.45, 7) is 0. The molecule has 0 unspecified atom stereocenters. The van der Waals surface area contributed by atoms with Gasteiger partial charge in [0.1, 0.15) is 0 Å². The lowest BCUT2D eigenvalue weighted by Gasteiger charge is -2.19. The van der Waals surface area contributed by atoms with E-state index in [1.165, 1.54) is 40.3 Å². The molecule has 0 saturated carbocycles. The number of hydrogen-bond donors (Lipinski definition) is 0. The predicted molar refractivity (Wildman–Crippen MR) is 238 cm³/mol. The molecule has 0 radical (unpaired) electrons. The molecule has 0 amide bonds. The lowest BCUT2D eigenvalue weighted by atomic mass is 9.86. The molecule has 56 heavy (non-hydrogen) atoms. The molecule has 0 spiro atoms. The summed E-state index contributed by atoms with van der Waals surface area (Å²) in [5.41, 5.74) is 9.61. The van der Waals surface area contributed by atoms with E-state index in [-0.39, 0.29) is 0 Å². The Morgan fingerprint density at radius 2 is 0.696 bits per heavy atom. The van der Waals surface area contributed by atoms with Crippen molar-refractivity contribution in [3.8, 4) is 67.5 Å². The van der Waals surface area contributed by atoms with Crippen molar-refractivity contribution in [1.82, 2.24) is 15.0 Å². The Balaban J connectivity index is 1.26. The molecule has 262 valence electrons. The Hall–Kier alpha value is -6.79. The molecule has 3 heterocycles. The zero-order chi connectivity index (χ0) is 37.0. The van der Waals surface area contributed by atoms with Gasteiger partial charge >= 0.3 is 0 Å². The largest absolute Gasteiger partial charge is 0.208 e. The first-order valence-corrected chi connectivity index (χ1v) is 20.3. The summed E-state index contributed by atoms with van der Waals surface area (Å²) in [6, 6.07) is 66.7. The average Bonchev–Trinajstić information content (AvgIpc) is 3.85. The molecule has 0 N–H and O–H groups in total. The smallest absolute Gasteiger partial charge is 0.165 e. The van der Waals surface area contributed by atoms with E-state index in [1.54, 1.807) is 22.7 Å². The molecule has 0 bridgehead atoms. The lowest BCUT2D eigenvalue weighted by Crippen LogP contribution is -2.02. The van der Waals surface area contributed by atoms with E-state index >= 15 is 0 Å². The minimum Gasteiger partial charge on any atom is -0.208 e. The highest BCUT2D eigenvalue weighted by atomic mass is 32.1. The van der Waals surface area contributed by atoms with Crippen LogP contribution in [0.5, 0.6) is 0 Å². The van der Waals surface area contributed by atoms with E-state index < -0.39 is 0 Å². The third kappa shape index (κ3) is 5.51. The monoisotopic (exact) mass is 749 g/mol. The molecule has 11 aromatic rings. The summed E-state index contributed by atoms with van der Waals surface area (Å²) in [6.07, 6.45) is 0. The maximum absolute atomic E-state index is 5.49. The van der Waals surface area contributed by atoms with Crippen LogP contribution in [0.15, 0.2) is 188 Å². The second kappa shape index (κ2) is 13.5. The van der Waals surface area contributed by atoms with Gasteiger partial charge in [0.15, 0.2) is 17.5 Å². The first-order chi connectivity index (χ1) is 27.8. The molecule has 8 aromatic carbocycles. The molecule has 0 atom stereocenters. The van der Waals surface area contributed by atoms with Gasteiger partial charge in [-0.1, -0.05) is 152 Å². The zero-order valence-electron chi connectivity index (χ0n) is 30.1. The lowest BCUT2D eigenvalue weighted by molar-refractivity contribution is 1.08. The summed E-state index contributed by atoms with van der Waals surface area (Å²) in [5.74, 6) is 1.95. The third-order valence-electron chi connectivity index (χ3n) is 10.6. The van der Waals surface area contributed by atoms with Gasteiger partial charge in [0.05, 0.1) is 0 Å². The quantitative estimate of drug-likeness (QED) is 0.170. The van der Waals surface area contributed by atoms with Gasteiger partial charge < -0.3 is 0 Å². The number of fused-ring (bicyclic) bond motifs is 6. The van der Waals surface area contributed by atoms with Gasteiger partial charge in [0, 0.05) is 62.6 Å². The molecule has 0 aliphatic heterocycles. The van der Waals surface area contributed by atoms with Crippen LogP contribution in [0.4, 0.5) is 0 Å². The minimum atomic E-state index is 0.634. The van der Waals surface area contributed by atoms with Crippen molar-refractivity contribution >= 4 is 63.0 Å². The second-order valence-corrected chi connectivity index (χ2v) is 16.0. The van der Waals surface area contributed by atoms with E-state index in [0.29, 0.717) is 17.5 Å². The second-order valence-electron chi connectivity index (χ2n) is 13.9. The van der Waals surface area contributed by atoms with Crippen molar-refractivity contribution in [2.45, 2.75) is 0 Å². The number of aromatic nitrogens is 3. The highest BCUT2D eigenvalue weighted by molar-refractivity contribution is 7.26. The van der Waals surface area contributed by atoms with Gasteiger partial charge in [0.2, 0.25) is 0 Å². The van der Waals surface area contributed by atoms with Gasteiger partial charge in [-0.05, 0) is 64.2 Å². The fourth-order valence-electron chi connectivity index (χ4n) is 7.96. The summed E-state index contributed by atoms with van der Waals surface area (Å²) in [7, 11) is 0. The van der Waals surface area contributed by atoms with Crippen LogP contribution in [-0.2, 0) is 0 Å². The molecular weight excluding hydrogens is 719 g/mol. The fourth-order valence-corrected chi connectivity index (χ4v) is 10.4. The van der Waals surface area contributed by atoms with E-state index in [1.807, 2.05) is 0 Å². The van der Waals surface area contributed by atoms with Gasteiger partial charge in [-0.25, -0.2) is 15.0 Å². The molecule has 0 saturated heterocycles. The molecule has 0 aliphatic carbocycles.